The normalized spacial score (nSPS) is 14.0. The van der Waals surface area contributed by atoms with Crippen molar-refractivity contribution >= 4 is 16.0 Å². The van der Waals surface area contributed by atoms with Crippen LogP contribution in [0.5, 0.6) is 0 Å². The van der Waals surface area contributed by atoms with Gasteiger partial charge in [-0.3, -0.25) is 4.79 Å². The Kier molecular flexibility index (Phi) is 13.3. The fourth-order valence-corrected chi connectivity index (χ4v) is 7.55. The number of hydrogen-bond acceptors (Lipinski definition) is 5. The van der Waals surface area contributed by atoms with Crippen LogP contribution >= 0.6 is 0 Å². The van der Waals surface area contributed by atoms with Crippen molar-refractivity contribution in [1.82, 2.24) is 9.62 Å². The number of nitrogens with one attached hydrogen (secondary N) is 1. The Bertz CT molecular complexity index is 1580. The molecule has 0 saturated heterocycles. The van der Waals surface area contributed by atoms with Gasteiger partial charge in [0.1, 0.15) is 5.82 Å². The number of rotatable bonds is 14. The number of aliphatic hydroxyl groups is 1. The van der Waals surface area contributed by atoms with Gasteiger partial charge >= 0.3 is 5.97 Å². The molecule has 7 nitrogen and oxygen atoms in total. The van der Waals surface area contributed by atoms with E-state index in [1.54, 1.807) is 30.3 Å². The summed E-state index contributed by atoms with van der Waals surface area (Å²) in [6, 6.07) is 18.1. The number of fused-ring (bicyclic) bond motifs is 1. The zero-order chi connectivity index (χ0) is 34.1. The smallest absolute Gasteiger partial charge is 0.303 e. The lowest BCUT2D eigenvalue weighted by atomic mass is 9.88. The molecule has 0 spiro atoms. The third-order valence-electron chi connectivity index (χ3n) is 8.34. The van der Waals surface area contributed by atoms with E-state index in [-0.39, 0.29) is 36.4 Å². The predicted molar refractivity (Wildman–Crippen MR) is 183 cm³/mol. The van der Waals surface area contributed by atoms with Gasteiger partial charge < -0.3 is 15.5 Å². The van der Waals surface area contributed by atoms with Crippen LogP contribution < -0.4 is 5.32 Å². The lowest BCUT2D eigenvalue weighted by Gasteiger charge is -2.31. The van der Waals surface area contributed by atoms with Gasteiger partial charge in [-0.1, -0.05) is 55.5 Å². The standard InChI is InChI=1S/C34H43FN2O5S.C3H6/c1-5-24-18-28(29-11-10-25(31(35)19-29)13-15-33(39)40)12-14-32(24)43(41,42)37(4)22-30(38)21-36-34(2,3)20-23-16-26-8-6-7-9-27(26)17-23;1-3-2/h6-12,14,18-19,23,30,36,38H,5,13,15-17,20-22H2,1-4H3,(H,39,40);3H,1H2,2H3. The van der Waals surface area contributed by atoms with Gasteiger partial charge in [-0.15, -0.1) is 6.58 Å². The number of sulfonamides is 1. The van der Waals surface area contributed by atoms with E-state index in [4.69, 9.17) is 5.11 Å². The number of carboxylic acids is 1. The number of halogens is 1. The maximum Gasteiger partial charge on any atom is 0.303 e. The summed E-state index contributed by atoms with van der Waals surface area (Å²) in [5.74, 6) is -0.953. The van der Waals surface area contributed by atoms with Gasteiger partial charge in [0.25, 0.3) is 0 Å². The first-order valence-electron chi connectivity index (χ1n) is 15.9. The second kappa shape index (κ2) is 16.5. The van der Waals surface area contributed by atoms with Crippen LogP contribution in [0.2, 0.25) is 0 Å². The fraction of sp³-hybridized carbons (Fsp3) is 0.432. The topological polar surface area (TPSA) is 107 Å². The molecule has 0 aliphatic heterocycles. The Morgan fingerprint density at radius 1 is 1.09 bits per heavy atom. The predicted octanol–water partition coefficient (Wildman–Crippen LogP) is 6.42. The molecule has 1 atom stereocenters. The number of β-amino-alcohol motifs (C(OH)–C–C–N with tert-alkyl or cyclic N) is 1. The second-order valence-electron chi connectivity index (χ2n) is 12.7. The van der Waals surface area contributed by atoms with Crippen molar-refractivity contribution in [3.05, 3.63) is 101 Å². The van der Waals surface area contributed by atoms with Gasteiger partial charge in [0.05, 0.1) is 11.0 Å². The molecule has 1 aliphatic rings. The lowest BCUT2D eigenvalue weighted by molar-refractivity contribution is -0.136. The summed E-state index contributed by atoms with van der Waals surface area (Å²) in [5.41, 5.74) is 4.76. The number of aliphatic carboxylic acids is 1. The van der Waals surface area contributed by atoms with Crippen molar-refractivity contribution in [3.63, 3.8) is 0 Å². The molecule has 0 amide bonds. The molecule has 1 aliphatic carbocycles. The summed E-state index contributed by atoms with van der Waals surface area (Å²) in [7, 11) is -2.42. The van der Waals surface area contributed by atoms with Crippen molar-refractivity contribution in [2.75, 3.05) is 20.1 Å². The summed E-state index contributed by atoms with van der Waals surface area (Å²) >= 11 is 0. The van der Waals surface area contributed by atoms with E-state index >= 15 is 0 Å². The second-order valence-corrected chi connectivity index (χ2v) is 14.7. The quantitative estimate of drug-likeness (QED) is 0.174. The first-order valence-corrected chi connectivity index (χ1v) is 17.3. The van der Waals surface area contributed by atoms with Gasteiger partial charge in [0.15, 0.2) is 0 Å². The number of nitrogens with zero attached hydrogens (tertiary/aromatic N) is 1. The monoisotopic (exact) mass is 652 g/mol. The van der Waals surface area contributed by atoms with E-state index in [1.165, 1.54) is 34.6 Å². The zero-order valence-electron chi connectivity index (χ0n) is 27.7. The van der Waals surface area contributed by atoms with Crippen LogP contribution in [0.25, 0.3) is 11.1 Å². The first-order chi connectivity index (χ1) is 21.7. The third-order valence-corrected chi connectivity index (χ3v) is 10.3. The van der Waals surface area contributed by atoms with Crippen molar-refractivity contribution in [1.29, 1.82) is 0 Å². The van der Waals surface area contributed by atoms with E-state index in [0.717, 1.165) is 19.3 Å². The van der Waals surface area contributed by atoms with E-state index < -0.39 is 27.9 Å². The largest absolute Gasteiger partial charge is 0.481 e. The molecule has 0 fully saturated rings. The lowest BCUT2D eigenvalue weighted by Crippen LogP contribution is -2.47. The maximum atomic E-state index is 14.6. The highest BCUT2D eigenvalue weighted by molar-refractivity contribution is 7.89. The van der Waals surface area contributed by atoms with Crippen molar-refractivity contribution < 1.29 is 27.8 Å². The van der Waals surface area contributed by atoms with Crippen LogP contribution in [0, 0.1) is 11.7 Å². The van der Waals surface area contributed by atoms with Crippen molar-refractivity contribution in [2.24, 2.45) is 5.92 Å². The van der Waals surface area contributed by atoms with Gasteiger partial charge in [0.2, 0.25) is 10.0 Å². The van der Waals surface area contributed by atoms with Crippen LogP contribution in [0.3, 0.4) is 0 Å². The zero-order valence-corrected chi connectivity index (χ0v) is 28.5. The number of aryl methyl sites for hydroxylation is 2. The molecule has 4 rings (SSSR count). The molecule has 3 aromatic carbocycles. The molecule has 9 heteroatoms. The summed E-state index contributed by atoms with van der Waals surface area (Å²) in [4.78, 5) is 11.0. The number of likely N-dealkylation sites (N-methyl/N-ethyl adjacent to an activating group) is 1. The van der Waals surface area contributed by atoms with Gasteiger partial charge in [0, 0.05) is 32.1 Å². The molecule has 0 radical (unpaired) electrons. The molecule has 0 aromatic heterocycles. The molecule has 46 heavy (non-hydrogen) atoms. The fourth-order valence-electron chi connectivity index (χ4n) is 6.07. The molecule has 1 unspecified atom stereocenters. The molecule has 3 N–H and O–H groups in total. The highest BCUT2D eigenvalue weighted by atomic mass is 32.2. The molecular formula is C37H49FN2O5S. The highest BCUT2D eigenvalue weighted by Gasteiger charge is 2.30. The summed E-state index contributed by atoms with van der Waals surface area (Å²) < 4.78 is 42.9. The van der Waals surface area contributed by atoms with E-state index in [2.05, 4.69) is 50.0 Å². The Balaban J connectivity index is 0.00000185. The number of hydrogen-bond donors (Lipinski definition) is 3. The Hall–Kier alpha value is -3.37. The number of carboxylic acid groups (broad SMARTS) is 1. The Morgan fingerprint density at radius 3 is 2.24 bits per heavy atom. The third kappa shape index (κ3) is 10.1. The van der Waals surface area contributed by atoms with Gasteiger partial charge in [-0.25, -0.2) is 12.8 Å². The SMILES string of the molecule is C=CC.CCc1cc(-c2ccc(CCC(=O)O)c(F)c2)ccc1S(=O)(=O)N(C)CC(O)CNC(C)(C)CC1Cc2ccccc2C1. The van der Waals surface area contributed by atoms with Crippen LogP contribution in [-0.2, 0) is 40.5 Å². The van der Waals surface area contributed by atoms with Crippen molar-refractivity contribution in [2.45, 2.75) is 82.8 Å². The summed E-state index contributed by atoms with van der Waals surface area (Å²) in [6.45, 7) is 11.5. The minimum absolute atomic E-state index is 0.0613. The molecule has 0 heterocycles. The van der Waals surface area contributed by atoms with Crippen LogP contribution in [-0.4, -0.2) is 60.7 Å². The molecule has 0 saturated carbocycles. The first kappa shape index (κ1) is 37.1. The minimum Gasteiger partial charge on any atom is -0.481 e. The average molecular weight is 653 g/mol. The van der Waals surface area contributed by atoms with Crippen LogP contribution in [0.15, 0.2) is 78.2 Å². The van der Waals surface area contributed by atoms with E-state index in [9.17, 15) is 22.7 Å². The number of allylic oxidation sites excluding steroid dienone is 1. The van der Waals surface area contributed by atoms with E-state index in [0.29, 0.717) is 34.6 Å². The van der Waals surface area contributed by atoms with Gasteiger partial charge in [-0.2, -0.15) is 4.31 Å². The Morgan fingerprint density at radius 2 is 1.67 bits per heavy atom. The number of aliphatic hydroxyl groups excluding tert-OH is 1. The van der Waals surface area contributed by atoms with Crippen LogP contribution in [0.1, 0.15) is 62.8 Å². The highest BCUT2D eigenvalue weighted by Crippen LogP contribution is 2.32. The number of carbonyl (C=O) groups is 1. The summed E-state index contributed by atoms with van der Waals surface area (Å²) in [6.07, 6.45) is 4.29. The summed E-state index contributed by atoms with van der Waals surface area (Å²) in [5, 5.41) is 23.1. The molecule has 0 bridgehead atoms. The average Bonchev–Trinajstić information content (AvgIpc) is 3.41. The minimum atomic E-state index is -3.89. The Labute approximate surface area is 274 Å². The van der Waals surface area contributed by atoms with Crippen molar-refractivity contribution in [3.8, 4) is 11.1 Å². The maximum absolute atomic E-state index is 14.6. The molecular weight excluding hydrogens is 603 g/mol. The molecule has 250 valence electrons. The van der Waals surface area contributed by atoms with Crippen LogP contribution in [0.4, 0.5) is 4.39 Å². The number of benzene rings is 3. The van der Waals surface area contributed by atoms with Gasteiger partial charge in [-0.05, 0) is 110 Å². The molecule has 3 aromatic rings. The van der Waals surface area contributed by atoms with E-state index in [1.807, 2.05) is 13.8 Å².